The lowest BCUT2D eigenvalue weighted by atomic mass is 9.86. The summed E-state index contributed by atoms with van der Waals surface area (Å²) < 4.78 is 8.10. The van der Waals surface area contributed by atoms with Crippen LogP contribution in [0.1, 0.15) is 68.1 Å². The highest BCUT2D eigenvalue weighted by molar-refractivity contribution is 6.09. The van der Waals surface area contributed by atoms with Gasteiger partial charge in [0.15, 0.2) is 0 Å². The maximum atomic E-state index is 13.2. The van der Waals surface area contributed by atoms with E-state index in [0.29, 0.717) is 12.5 Å². The van der Waals surface area contributed by atoms with Crippen LogP contribution in [0.15, 0.2) is 24.3 Å². The summed E-state index contributed by atoms with van der Waals surface area (Å²) in [6.45, 7) is 6.01. The second-order valence-corrected chi connectivity index (χ2v) is 9.84. The van der Waals surface area contributed by atoms with Gasteiger partial charge in [0.05, 0.1) is 12.1 Å². The summed E-state index contributed by atoms with van der Waals surface area (Å²) in [4.78, 5) is 15.8. The third-order valence-corrected chi connectivity index (χ3v) is 7.75. The Morgan fingerprint density at radius 2 is 1.77 bits per heavy atom. The van der Waals surface area contributed by atoms with Gasteiger partial charge in [0.2, 0.25) is 5.88 Å². The Balaban J connectivity index is 1.13. The number of hydrogen-bond donors (Lipinski definition) is 1. The smallest absolute Gasteiger partial charge is 0.257 e. The Kier molecular flexibility index (Phi) is 6.49. The van der Waals surface area contributed by atoms with E-state index in [1.165, 1.54) is 71.0 Å². The van der Waals surface area contributed by atoms with Crippen LogP contribution in [-0.2, 0) is 6.54 Å². The second-order valence-electron chi connectivity index (χ2n) is 9.84. The van der Waals surface area contributed by atoms with Gasteiger partial charge in [-0.15, -0.1) is 0 Å². The van der Waals surface area contributed by atoms with Gasteiger partial charge in [0, 0.05) is 18.5 Å². The predicted molar refractivity (Wildman–Crippen MR) is 125 cm³/mol. The van der Waals surface area contributed by atoms with E-state index >= 15 is 0 Å². The zero-order chi connectivity index (χ0) is 21.0. The SMILES string of the molecule is O=C(NCC1CCN(CCC2CCCCC2)CC1)c1c2n(c3ccccc13)CCCO2. The summed E-state index contributed by atoms with van der Waals surface area (Å²) in [5.74, 6) is 2.32. The normalized spacial score (nSPS) is 21.0. The Labute approximate surface area is 186 Å². The van der Waals surface area contributed by atoms with E-state index in [0.717, 1.165) is 47.8 Å². The van der Waals surface area contributed by atoms with Crippen LogP contribution in [0.25, 0.3) is 10.9 Å². The van der Waals surface area contributed by atoms with Crippen LogP contribution in [-0.4, -0.2) is 48.2 Å². The average Bonchev–Trinajstić information content (AvgIpc) is 3.17. The minimum Gasteiger partial charge on any atom is -0.478 e. The fraction of sp³-hybridized carbons (Fsp3) is 0.654. The molecule has 1 aromatic carbocycles. The van der Waals surface area contributed by atoms with E-state index in [2.05, 4.69) is 20.9 Å². The van der Waals surface area contributed by atoms with Gasteiger partial charge in [-0.25, -0.2) is 0 Å². The van der Waals surface area contributed by atoms with Crippen molar-refractivity contribution >= 4 is 16.8 Å². The molecule has 0 bridgehead atoms. The average molecular weight is 424 g/mol. The molecule has 0 unspecified atom stereocenters. The largest absolute Gasteiger partial charge is 0.478 e. The first-order chi connectivity index (χ1) is 15.3. The van der Waals surface area contributed by atoms with Crippen LogP contribution in [0.3, 0.4) is 0 Å². The molecular formula is C26H37N3O2. The summed E-state index contributed by atoms with van der Waals surface area (Å²) in [5.41, 5.74) is 1.83. The fourth-order valence-electron chi connectivity index (χ4n) is 5.84. The number of carbonyl (C=O) groups excluding carboxylic acids is 1. The molecule has 2 aromatic rings. The van der Waals surface area contributed by atoms with Crippen molar-refractivity contribution in [1.82, 2.24) is 14.8 Å². The van der Waals surface area contributed by atoms with E-state index in [1.807, 2.05) is 18.2 Å². The van der Waals surface area contributed by atoms with Gasteiger partial charge < -0.3 is 19.5 Å². The van der Waals surface area contributed by atoms with Crippen LogP contribution >= 0.6 is 0 Å². The lowest BCUT2D eigenvalue weighted by Crippen LogP contribution is -2.39. The van der Waals surface area contributed by atoms with Crippen LogP contribution in [0.2, 0.25) is 0 Å². The number of rotatable bonds is 6. The standard InChI is InChI=1S/C26H37N3O2/c30-25(24-22-9-4-5-10-23(22)29-14-6-18-31-26(24)29)27-19-21-12-16-28(17-13-21)15-11-20-7-2-1-3-8-20/h4-5,9-10,20-21H,1-3,6-8,11-19H2,(H,27,30). The lowest BCUT2D eigenvalue weighted by Gasteiger charge is -2.33. The minimum atomic E-state index is 0.0200. The number of carbonyl (C=O) groups is 1. The highest BCUT2D eigenvalue weighted by Crippen LogP contribution is 2.34. The van der Waals surface area contributed by atoms with Crippen molar-refractivity contribution in [3.63, 3.8) is 0 Å². The molecule has 0 radical (unpaired) electrons. The van der Waals surface area contributed by atoms with Crippen molar-refractivity contribution in [2.75, 3.05) is 32.8 Å². The zero-order valence-corrected chi connectivity index (χ0v) is 18.8. The number of nitrogens with zero attached hydrogens (tertiary/aromatic N) is 2. The molecule has 2 fully saturated rings. The van der Waals surface area contributed by atoms with Crippen molar-refractivity contribution < 1.29 is 9.53 Å². The highest BCUT2D eigenvalue weighted by Gasteiger charge is 2.27. The molecule has 31 heavy (non-hydrogen) atoms. The quantitative estimate of drug-likeness (QED) is 0.723. The van der Waals surface area contributed by atoms with Crippen LogP contribution in [0, 0.1) is 11.8 Å². The fourth-order valence-corrected chi connectivity index (χ4v) is 5.84. The first-order valence-corrected chi connectivity index (χ1v) is 12.5. The van der Waals surface area contributed by atoms with Gasteiger partial charge in [-0.3, -0.25) is 4.79 Å². The van der Waals surface area contributed by atoms with E-state index in [9.17, 15) is 4.79 Å². The molecule has 1 aromatic heterocycles. The molecule has 0 spiro atoms. The number of aromatic nitrogens is 1. The number of amides is 1. The van der Waals surface area contributed by atoms with Gasteiger partial charge >= 0.3 is 0 Å². The molecule has 1 saturated carbocycles. The third kappa shape index (κ3) is 4.62. The van der Waals surface area contributed by atoms with Gasteiger partial charge in [-0.2, -0.15) is 0 Å². The second kappa shape index (κ2) is 9.64. The summed E-state index contributed by atoms with van der Waals surface area (Å²) in [6.07, 6.45) is 12.0. The Morgan fingerprint density at radius 3 is 2.61 bits per heavy atom. The van der Waals surface area contributed by atoms with E-state index < -0.39 is 0 Å². The van der Waals surface area contributed by atoms with Gasteiger partial charge in [-0.05, 0) is 63.2 Å². The zero-order valence-electron chi connectivity index (χ0n) is 18.8. The summed E-state index contributed by atoms with van der Waals surface area (Å²) in [7, 11) is 0. The number of ether oxygens (including phenoxy) is 1. The van der Waals surface area contributed by atoms with Gasteiger partial charge in [0.1, 0.15) is 5.56 Å². The highest BCUT2D eigenvalue weighted by atomic mass is 16.5. The summed E-state index contributed by atoms with van der Waals surface area (Å²) in [6, 6.07) is 8.18. The van der Waals surface area contributed by atoms with Crippen molar-refractivity contribution in [2.45, 2.75) is 64.3 Å². The van der Waals surface area contributed by atoms with Gasteiger partial charge in [-0.1, -0.05) is 50.3 Å². The van der Waals surface area contributed by atoms with Gasteiger partial charge in [0.25, 0.3) is 5.91 Å². The maximum Gasteiger partial charge on any atom is 0.257 e. The van der Waals surface area contributed by atoms with Crippen LogP contribution < -0.4 is 10.1 Å². The molecule has 3 heterocycles. The molecule has 5 heteroatoms. The number of fused-ring (bicyclic) bond motifs is 3. The Morgan fingerprint density at radius 1 is 0.968 bits per heavy atom. The molecule has 1 amide bonds. The monoisotopic (exact) mass is 423 g/mol. The molecule has 1 saturated heterocycles. The first kappa shape index (κ1) is 20.9. The van der Waals surface area contributed by atoms with E-state index in [1.54, 1.807) is 0 Å². The topological polar surface area (TPSA) is 46.5 Å². The number of benzene rings is 1. The lowest BCUT2D eigenvalue weighted by molar-refractivity contribution is 0.0929. The van der Waals surface area contributed by atoms with E-state index in [-0.39, 0.29) is 5.91 Å². The van der Waals surface area contributed by atoms with Crippen molar-refractivity contribution in [3.8, 4) is 5.88 Å². The number of hydrogen-bond acceptors (Lipinski definition) is 3. The predicted octanol–water partition coefficient (Wildman–Crippen LogP) is 4.84. The molecule has 2 aliphatic heterocycles. The van der Waals surface area contributed by atoms with E-state index in [4.69, 9.17) is 4.74 Å². The Hall–Kier alpha value is -2.01. The molecule has 1 aliphatic carbocycles. The third-order valence-electron chi connectivity index (χ3n) is 7.75. The molecule has 1 N–H and O–H groups in total. The number of para-hydroxylation sites is 1. The van der Waals surface area contributed by atoms with Crippen LogP contribution in [0.4, 0.5) is 0 Å². The number of likely N-dealkylation sites (tertiary alicyclic amines) is 1. The summed E-state index contributed by atoms with van der Waals surface area (Å²) in [5, 5.41) is 4.25. The van der Waals surface area contributed by atoms with Crippen molar-refractivity contribution in [1.29, 1.82) is 0 Å². The number of aryl methyl sites for hydroxylation is 1. The molecule has 5 rings (SSSR count). The molecule has 5 nitrogen and oxygen atoms in total. The molecule has 168 valence electrons. The minimum absolute atomic E-state index is 0.0200. The molecular weight excluding hydrogens is 386 g/mol. The van der Waals surface area contributed by atoms with Crippen LogP contribution in [0.5, 0.6) is 5.88 Å². The molecule has 3 aliphatic rings. The maximum absolute atomic E-state index is 13.2. The summed E-state index contributed by atoms with van der Waals surface area (Å²) >= 11 is 0. The van der Waals surface area contributed by atoms with Crippen molar-refractivity contribution in [2.24, 2.45) is 11.8 Å². The van der Waals surface area contributed by atoms with Crippen molar-refractivity contribution in [3.05, 3.63) is 29.8 Å². The molecule has 0 atom stereocenters. The number of nitrogens with one attached hydrogen (secondary N) is 1. The first-order valence-electron chi connectivity index (χ1n) is 12.5. The number of piperidine rings is 1. The Bertz CT molecular complexity index is 891.